The lowest BCUT2D eigenvalue weighted by Crippen LogP contribution is -2.15. The van der Waals surface area contributed by atoms with Gasteiger partial charge in [-0.05, 0) is 42.6 Å². The minimum absolute atomic E-state index is 0.00806. The van der Waals surface area contributed by atoms with E-state index in [1.807, 2.05) is 11.8 Å². The highest BCUT2D eigenvalue weighted by atomic mass is 32.2. The molecule has 1 aliphatic carbocycles. The quantitative estimate of drug-likeness (QED) is 0.715. The van der Waals surface area contributed by atoms with E-state index in [1.165, 1.54) is 24.3 Å². The van der Waals surface area contributed by atoms with Crippen LogP contribution >= 0.6 is 11.8 Å². The highest BCUT2D eigenvalue weighted by molar-refractivity contribution is 7.99. The first-order valence-corrected chi connectivity index (χ1v) is 5.75. The molecular formula is C9H14O2S. The summed E-state index contributed by atoms with van der Waals surface area (Å²) in [6.45, 7) is 0. The summed E-state index contributed by atoms with van der Waals surface area (Å²) < 4.78 is 0. The fraction of sp³-hybridized carbons (Fsp3) is 0.889. The van der Waals surface area contributed by atoms with E-state index < -0.39 is 5.97 Å². The molecule has 2 fully saturated rings. The summed E-state index contributed by atoms with van der Waals surface area (Å²) in [6, 6.07) is 0. The highest BCUT2D eigenvalue weighted by Gasteiger charge is 2.47. The van der Waals surface area contributed by atoms with Gasteiger partial charge in [-0.25, -0.2) is 0 Å². The molecular weight excluding hydrogens is 172 g/mol. The standard InChI is InChI=1S/C9H14O2S/c10-9(11)8-4-7(8)6-2-1-3-12-5-6/h6-8H,1-5H2,(H,10,11)/t6?,7-,8+/m1/s1. The Morgan fingerprint density at radius 3 is 2.83 bits per heavy atom. The van der Waals surface area contributed by atoms with Crippen LogP contribution in [0.1, 0.15) is 19.3 Å². The van der Waals surface area contributed by atoms with Crippen LogP contribution in [0, 0.1) is 17.8 Å². The molecule has 68 valence electrons. The Morgan fingerprint density at radius 2 is 2.33 bits per heavy atom. The maximum absolute atomic E-state index is 10.6. The smallest absolute Gasteiger partial charge is 0.306 e. The van der Waals surface area contributed by atoms with E-state index in [0.29, 0.717) is 11.8 Å². The summed E-state index contributed by atoms with van der Waals surface area (Å²) in [6.07, 6.45) is 3.50. The van der Waals surface area contributed by atoms with E-state index in [9.17, 15) is 4.79 Å². The first-order valence-electron chi connectivity index (χ1n) is 4.59. The number of carbonyl (C=O) groups is 1. The summed E-state index contributed by atoms with van der Waals surface area (Å²) in [4.78, 5) is 10.6. The maximum atomic E-state index is 10.6. The van der Waals surface area contributed by atoms with Crippen LogP contribution in [0.2, 0.25) is 0 Å². The molecule has 3 heteroatoms. The summed E-state index contributed by atoms with van der Waals surface area (Å²) in [5.41, 5.74) is 0. The van der Waals surface area contributed by atoms with Crippen LogP contribution in [0.5, 0.6) is 0 Å². The molecule has 2 aliphatic rings. The largest absolute Gasteiger partial charge is 0.481 e. The van der Waals surface area contributed by atoms with Crippen molar-refractivity contribution in [3.63, 3.8) is 0 Å². The highest BCUT2D eigenvalue weighted by Crippen LogP contribution is 2.48. The molecule has 1 saturated carbocycles. The molecule has 0 aromatic rings. The Balaban J connectivity index is 1.83. The number of aliphatic carboxylic acids is 1. The molecule has 2 nitrogen and oxygen atoms in total. The Hall–Kier alpha value is -0.180. The molecule has 0 radical (unpaired) electrons. The van der Waals surface area contributed by atoms with Crippen LogP contribution in [-0.4, -0.2) is 22.6 Å². The van der Waals surface area contributed by atoms with Crippen LogP contribution in [0.25, 0.3) is 0 Å². The Labute approximate surface area is 76.7 Å². The van der Waals surface area contributed by atoms with Gasteiger partial charge in [-0.3, -0.25) is 4.79 Å². The summed E-state index contributed by atoms with van der Waals surface area (Å²) >= 11 is 1.99. The third-order valence-corrected chi connectivity index (χ3v) is 4.20. The molecule has 1 heterocycles. The Bertz CT molecular complexity index is 187. The number of carboxylic acids is 1. The van der Waals surface area contributed by atoms with Gasteiger partial charge < -0.3 is 5.11 Å². The molecule has 0 aromatic carbocycles. The molecule has 0 aromatic heterocycles. The van der Waals surface area contributed by atoms with Crippen LogP contribution in [0.15, 0.2) is 0 Å². The topological polar surface area (TPSA) is 37.3 Å². The van der Waals surface area contributed by atoms with Gasteiger partial charge in [-0.2, -0.15) is 11.8 Å². The molecule has 1 N–H and O–H groups in total. The monoisotopic (exact) mass is 186 g/mol. The molecule has 2 rings (SSSR count). The van der Waals surface area contributed by atoms with Gasteiger partial charge in [-0.1, -0.05) is 0 Å². The zero-order valence-electron chi connectivity index (χ0n) is 7.03. The van der Waals surface area contributed by atoms with Crippen molar-refractivity contribution in [2.45, 2.75) is 19.3 Å². The van der Waals surface area contributed by atoms with Crippen molar-refractivity contribution in [1.82, 2.24) is 0 Å². The van der Waals surface area contributed by atoms with E-state index in [0.717, 1.165) is 6.42 Å². The molecule has 0 spiro atoms. The minimum atomic E-state index is -0.574. The second-order valence-corrected chi connectivity index (χ2v) is 4.97. The van der Waals surface area contributed by atoms with E-state index >= 15 is 0 Å². The third kappa shape index (κ3) is 1.60. The van der Waals surface area contributed by atoms with Crippen molar-refractivity contribution in [1.29, 1.82) is 0 Å². The molecule has 1 unspecified atom stereocenters. The van der Waals surface area contributed by atoms with E-state index in [4.69, 9.17) is 5.11 Å². The van der Waals surface area contributed by atoms with E-state index in [2.05, 4.69) is 0 Å². The SMILES string of the molecule is O=C(O)[C@H]1C[C@@H]1C1CCCSC1. The Morgan fingerprint density at radius 1 is 1.50 bits per heavy atom. The molecule has 1 aliphatic heterocycles. The van der Waals surface area contributed by atoms with Crippen molar-refractivity contribution in [3.05, 3.63) is 0 Å². The number of hydrogen-bond donors (Lipinski definition) is 1. The predicted octanol–water partition coefficient (Wildman–Crippen LogP) is 1.85. The number of thioether (sulfide) groups is 1. The average Bonchev–Trinajstić information content (AvgIpc) is 2.84. The first-order chi connectivity index (χ1) is 5.79. The molecule has 1 saturated heterocycles. The maximum Gasteiger partial charge on any atom is 0.306 e. The lowest BCUT2D eigenvalue weighted by Gasteiger charge is -2.20. The molecule has 3 atom stereocenters. The summed E-state index contributed by atoms with van der Waals surface area (Å²) in [5, 5.41) is 8.75. The van der Waals surface area contributed by atoms with Crippen molar-refractivity contribution in [3.8, 4) is 0 Å². The van der Waals surface area contributed by atoms with Crippen molar-refractivity contribution < 1.29 is 9.90 Å². The normalized spacial score (nSPS) is 40.8. The zero-order chi connectivity index (χ0) is 8.55. The van der Waals surface area contributed by atoms with Crippen LogP contribution < -0.4 is 0 Å². The second-order valence-electron chi connectivity index (χ2n) is 3.82. The molecule has 0 bridgehead atoms. The molecule has 0 amide bonds. The van der Waals surface area contributed by atoms with Crippen LogP contribution in [0.3, 0.4) is 0 Å². The average molecular weight is 186 g/mol. The van der Waals surface area contributed by atoms with Crippen molar-refractivity contribution in [2.75, 3.05) is 11.5 Å². The van der Waals surface area contributed by atoms with E-state index in [-0.39, 0.29) is 5.92 Å². The van der Waals surface area contributed by atoms with Gasteiger partial charge in [0.1, 0.15) is 0 Å². The van der Waals surface area contributed by atoms with Gasteiger partial charge in [0.25, 0.3) is 0 Å². The third-order valence-electron chi connectivity index (χ3n) is 2.96. The minimum Gasteiger partial charge on any atom is -0.481 e. The van der Waals surface area contributed by atoms with Gasteiger partial charge >= 0.3 is 5.97 Å². The van der Waals surface area contributed by atoms with Gasteiger partial charge in [0.15, 0.2) is 0 Å². The predicted molar refractivity (Wildman–Crippen MR) is 49.3 cm³/mol. The zero-order valence-corrected chi connectivity index (χ0v) is 7.85. The van der Waals surface area contributed by atoms with Crippen LogP contribution in [-0.2, 0) is 4.79 Å². The van der Waals surface area contributed by atoms with Crippen molar-refractivity contribution >= 4 is 17.7 Å². The number of rotatable bonds is 2. The first kappa shape index (κ1) is 8.42. The summed E-state index contributed by atoms with van der Waals surface area (Å²) in [7, 11) is 0. The van der Waals surface area contributed by atoms with Gasteiger partial charge in [0.05, 0.1) is 5.92 Å². The molecule has 12 heavy (non-hydrogen) atoms. The lowest BCUT2D eigenvalue weighted by atomic mass is 9.98. The number of carboxylic acid groups (broad SMARTS) is 1. The Kier molecular flexibility index (Phi) is 2.31. The summed E-state index contributed by atoms with van der Waals surface area (Å²) in [5.74, 6) is 3.15. The van der Waals surface area contributed by atoms with Crippen LogP contribution in [0.4, 0.5) is 0 Å². The lowest BCUT2D eigenvalue weighted by molar-refractivity contribution is -0.139. The second kappa shape index (κ2) is 3.29. The van der Waals surface area contributed by atoms with E-state index in [1.54, 1.807) is 0 Å². The fourth-order valence-electron chi connectivity index (χ4n) is 2.12. The van der Waals surface area contributed by atoms with Gasteiger partial charge in [0.2, 0.25) is 0 Å². The van der Waals surface area contributed by atoms with Gasteiger partial charge in [-0.15, -0.1) is 0 Å². The van der Waals surface area contributed by atoms with Gasteiger partial charge in [0, 0.05) is 0 Å². The number of hydrogen-bond acceptors (Lipinski definition) is 2. The van der Waals surface area contributed by atoms with Crippen molar-refractivity contribution in [2.24, 2.45) is 17.8 Å². The fourth-order valence-corrected chi connectivity index (χ4v) is 3.38.